The first kappa shape index (κ1) is 14.6. The van der Waals surface area contributed by atoms with Crippen molar-refractivity contribution in [1.29, 1.82) is 0 Å². The lowest BCUT2D eigenvalue weighted by molar-refractivity contribution is -0.137. The van der Waals surface area contributed by atoms with Crippen LogP contribution in [0.1, 0.15) is 6.42 Å². The summed E-state index contributed by atoms with van der Waals surface area (Å²) in [4.78, 5) is 24.0. The van der Waals surface area contributed by atoms with Crippen molar-refractivity contribution in [2.24, 2.45) is 0 Å². The zero-order valence-electron chi connectivity index (χ0n) is 11.5. The zero-order valence-corrected chi connectivity index (χ0v) is 13.1. The van der Waals surface area contributed by atoms with E-state index in [1.54, 1.807) is 30.3 Å². The number of hydrogen-bond donors (Lipinski definition) is 2. The molecule has 1 aliphatic heterocycles. The summed E-state index contributed by atoms with van der Waals surface area (Å²) in [5.41, 5.74) is 1.39. The molecule has 6 heteroatoms. The van der Waals surface area contributed by atoms with Crippen molar-refractivity contribution < 1.29 is 14.3 Å². The van der Waals surface area contributed by atoms with Crippen molar-refractivity contribution in [1.82, 2.24) is 0 Å². The molecule has 1 heterocycles. The minimum atomic E-state index is -0.689. The van der Waals surface area contributed by atoms with Gasteiger partial charge in [0.15, 0.2) is 5.75 Å². The molecule has 112 valence electrons. The maximum Gasteiger partial charge on any atom is 0.334 e. The Balaban J connectivity index is 1.64. The van der Waals surface area contributed by atoms with E-state index in [1.165, 1.54) is 0 Å². The van der Waals surface area contributed by atoms with E-state index in [-0.39, 0.29) is 12.3 Å². The summed E-state index contributed by atoms with van der Waals surface area (Å²) in [5.74, 6) is -0.224. The van der Waals surface area contributed by atoms with Gasteiger partial charge in [-0.15, -0.1) is 0 Å². The number of amides is 1. The van der Waals surface area contributed by atoms with Crippen LogP contribution < -0.4 is 15.4 Å². The lowest BCUT2D eigenvalue weighted by Gasteiger charge is -2.24. The number of carbonyl (C=O) groups excluding carboxylic acids is 2. The van der Waals surface area contributed by atoms with E-state index in [9.17, 15) is 9.59 Å². The Hall–Kier alpha value is -2.34. The molecule has 0 aliphatic carbocycles. The number of ether oxygens (including phenoxy) is 1. The number of nitrogens with one attached hydrogen (secondary N) is 2. The van der Waals surface area contributed by atoms with Crippen molar-refractivity contribution in [3.63, 3.8) is 0 Å². The van der Waals surface area contributed by atoms with Crippen LogP contribution in [-0.4, -0.2) is 17.9 Å². The van der Waals surface area contributed by atoms with Crippen molar-refractivity contribution in [3.8, 4) is 5.75 Å². The lowest BCUT2D eigenvalue weighted by atomic mass is 10.1. The predicted octanol–water partition coefficient (Wildman–Crippen LogP) is 3.18. The van der Waals surface area contributed by atoms with Gasteiger partial charge in [-0.2, -0.15) is 0 Å². The molecule has 2 N–H and O–H groups in total. The monoisotopic (exact) mass is 360 g/mol. The first-order valence-electron chi connectivity index (χ1n) is 6.74. The Morgan fingerprint density at radius 2 is 1.91 bits per heavy atom. The molecule has 0 spiro atoms. The van der Waals surface area contributed by atoms with Crippen LogP contribution in [0.2, 0.25) is 0 Å². The summed E-state index contributed by atoms with van der Waals surface area (Å²) in [6, 6.07) is 13.7. The topological polar surface area (TPSA) is 67.4 Å². The molecule has 3 rings (SSSR count). The number of carbonyl (C=O) groups is 2. The van der Waals surface area contributed by atoms with Crippen LogP contribution in [0.25, 0.3) is 0 Å². The highest BCUT2D eigenvalue weighted by atomic mass is 79.9. The van der Waals surface area contributed by atoms with Gasteiger partial charge in [0.2, 0.25) is 5.91 Å². The molecular weight excluding hydrogens is 348 g/mol. The minimum absolute atomic E-state index is 0.00321. The molecule has 0 radical (unpaired) electrons. The molecule has 0 saturated carbocycles. The number of esters is 1. The summed E-state index contributed by atoms with van der Waals surface area (Å²) in [6.45, 7) is 0. The SMILES string of the molecule is O=C(CC1Nc2ccccc2OC1=O)Nc1ccc(Br)cc1. The second kappa shape index (κ2) is 6.19. The van der Waals surface area contributed by atoms with Crippen molar-refractivity contribution in [3.05, 3.63) is 53.0 Å². The minimum Gasteiger partial charge on any atom is -0.423 e. The van der Waals surface area contributed by atoms with Crippen LogP contribution in [0.5, 0.6) is 5.75 Å². The van der Waals surface area contributed by atoms with Crippen LogP contribution in [0.3, 0.4) is 0 Å². The van der Waals surface area contributed by atoms with E-state index >= 15 is 0 Å². The highest BCUT2D eigenvalue weighted by molar-refractivity contribution is 9.10. The van der Waals surface area contributed by atoms with Crippen molar-refractivity contribution >= 4 is 39.2 Å². The second-order valence-electron chi connectivity index (χ2n) is 4.87. The van der Waals surface area contributed by atoms with Gasteiger partial charge in [-0.05, 0) is 36.4 Å². The molecule has 0 fully saturated rings. The number of anilines is 2. The normalized spacial score (nSPS) is 16.2. The Bertz CT molecular complexity index is 716. The van der Waals surface area contributed by atoms with Gasteiger partial charge in [0.25, 0.3) is 0 Å². The quantitative estimate of drug-likeness (QED) is 0.651. The fraction of sp³-hybridized carbons (Fsp3) is 0.125. The Morgan fingerprint density at radius 1 is 1.18 bits per heavy atom. The van der Waals surface area contributed by atoms with E-state index < -0.39 is 12.0 Å². The maximum absolute atomic E-state index is 12.1. The summed E-state index contributed by atoms with van der Waals surface area (Å²) >= 11 is 3.33. The van der Waals surface area contributed by atoms with Crippen molar-refractivity contribution in [2.45, 2.75) is 12.5 Å². The van der Waals surface area contributed by atoms with E-state index in [0.717, 1.165) is 4.47 Å². The van der Waals surface area contributed by atoms with E-state index in [4.69, 9.17) is 4.74 Å². The number of halogens is 1. The average molecular weight is 361 g/mol. The second-order valence-corrected chi connectivity index (χ2v) is 5.79. The molecule has 1 amide bonds. The predicted molar refractivity (Wildman–Crippen MR) is 86.9 cm³/mol. The number of benzene rings is 2. The molecule has 1 aliphatic rings. The van der Waals surface area contributed by atoms with Gasteiger partial charge >= 0.3 is 5.97 Å². The Kier molecular flexibility index (Phi) is 4.11. The molecule has 1 atom stereocenters. The Labute approximate surface area is 135 Å². The molecule has 2 aromatic carbocycles. The molecule has 1 unspecified atom stereocenters. The summed E-state index contributed by atoms with van der Waals surface area (Å²) < 4.78 is 6.15. The third-order valence-electron chi connectivity index (χ3n) is 3.23. The molecule has 0 aromatic heterocycles. The van der Waals surface area contributed by atoms with Crippen LogP contribution in [0.4, 0.5) is 11.4 Å². The molecule has 22 heavy (non-hydrogen) atoms. The van der Waals surface area contributed by atoms with Gasteiger partial charge < -0.3 is 15.4 Å². The van der Waals surface area contributed by atoms with Crippen LogP contribution in [0, 0.1) is 0 Å². The number of para-hydroxylation sites is 2. The van der Waals surface area contributed by atoms with Crippen molar-refractivity contribution in [2.75, 3.05) is 10.6 Å². The van der Waals surface area contributed by atoms with Crippen LogP contribution in [-0.2, 0) is 9.59 Å². The van der Waals surface area contributed by atoms with E-state index in [2.05, 4.69) is 26.6 Å². The zero-order chi connectivity index (χ0) is 15.5. The first-order chi connectivity index (χ1) is 10.6. The molecule has 5 nitrogen and oxygen atoms in total. The molecule has 0 saturated heterocycles. The Morgan fingerprint density at radius 3 is 2.68 bits per heavy atom. The molecular formula is C16H13BrN2O3. The smallest absolute Gasteiger partial charge is 0.334 e. The number of rotatable bonds is 3. The van der Waals surface area contributed by atoms with Crippen LogP contribution in [0.15, 0.2) is 53.0 Å². The van der Waals surface area contributed by atoms with Crippen LogP contribution >= 0.6 is 15.9 Å². The summed E-state index contributed by atoms with van der Waals surface area (Å²) in [7, 11) is 0. The average Bonchev–Trinajstić information content (AvgIpc) is 2.50. The van der Waals surface area contributed by atoms with Gasteiger partial charge in [-0.3, -0.25) is 4.79 Å². The van der Waals surface area contributed by atoms with E-state index in [1.807, 2.05) is 18.2 Å². The van der Waals surface area contributed by atoms with E-state index in [0.29, 0.717) is 17.1 Å². The van der Waals surface area contributed by atoms with Gasteiger partial charge in [-0.25, -0.2) is 4.79 Å². The van der Waals surface area contributed by atoms with Gasteiger partial charge in [-0.1, -0.05) is 28.1 Å². The highest BCUT2D eigenvalue weighted by Gasteiger charge is 2.29. The third kappa shape index (κ3) is 3.28. The standard InChI is InChI=1S/C16H13BrN2O3/c17-10-5-7-11(8-6-10)18-15(20)9-13-16(21)22-14-4-2-1-3-12(14)19-13/h1-8,13,19H,9H2,(H,18,20). The largest absolute Gasteiger partial charge is 0.423 e. The maximum atomic E-state index is 12.1. The molecule has 2 aromatic rings. The highest BCUT2D eigenvalue weighted by Crippen LogP contribution is 2.29. The van der Waals surface area contributed by atoms with Gasteiger partial charge in [0.1, 0.15) is 6.04 Å². The summed E-state index contributed by atoms with van der Waals surface area (Å²) in [6.07, 6.45) is 0.00321. The first-order valence-corrected chi connectivity index (χ1v) is 7.54. The fourth-order valence-corrected chi connectivity index (χ4v) is 2.43. The van der Waals surface area contributed by atoms with Gasteiger partial charge in [0.05, 0.1) is 12.1 Å². The molecule has 0 bridgehead atoms. The lowest BCUT2D eigenvalue weighted by Crippen LogP contribution is -2.39. The van der Waals surface area contributed by atoms with Gasteiger partial charge in [0, 0.05) is 10.2 Å². The number of hydrogen-bond acceptors (Lipinski definition) is 4. The summed E-state index contributed by atoms with van der Waals surface area (Å²) in [5, 5.41) is 5.78. The third-order valence-corrected chi connectivity index (χ3v) is 3.76. The number of fused-ring (bicyclic) bond motifs is 1. The fourth-order valence-electron chi connectivity index (χ4n) is 2.17.